The molecule has 0 saturated carbocycles. The van der Waals surface area contributed by atoms with Gasteiger partial charge in [0, 0.05) is 20.3 Å². The number of rotatable bonds is 5. The number of carbonyl (C=O) groups is 1. The van der Waals surface area contributed by atoms with Crippen molar-refractivity contribution in [3.8, 4) is 0 Å². The zero-order valence-corrected chi connectivity index (χ0v) is 15.1. The summed E-state index contributed by atoms with van der Waals surface area (Å²) in [4.78, 5) is 24.3. The van der Waals surface area contributed by atoms with Gasteiger partial charge in [0.1, 0.15) is 17.4 Å². The number of amidine groups is 1. The molecule has 8 nitrogen and oxygen atoms in total. The van der Waals surface area contributed by atoms with Gasteiger partial charge in [-0.05, 0) is 24.3 Å². The molecule has 0 spiro atoms. The van der Waals surface area contributed by atoms with Crippen molar-refractivity contribution in [3.05, 3.63) is 59.5 Å². The van der Waals surface area contributed by atoms with Crippen molar-refractivity contribution in [1.82, 2.24) is 15.2 Å². The second kappa shape index (κ2) is 7.49. The van der Waals surface area contributed by atoms with E-state index in [1.807, 2.05) is 12.1 Å². The van der Waals surface area contributed by atoms with Crippen LogP contribution in [0.2, 0.25) is 0 Å². The monoisotopic (exact) mass is 374 g/mol. The van der Waals surface area contributed by atoms with E-state index in [1.54, 1.807) is 54.6 Å². The summed E-state index contributed by atoms with van der Waals surface area (Å²) in [6, 6.07) is 8.10. The molecule has 1 aliphatic rings. The van der Waals surface area contributed by atoms with E-state index >= 15 is 0 Å². The fraction of sp³-hybridized carbons (Fsp3) is 0.235. The number of hydrogen-bond acceptors (Lipinski definition) is 7. The molecule has 9 heteroatoms. The van der Waals surface area contributed by atoms with Crippen LogP contribution in [-0.2, 0) is 11.3 Å². The third-order valence-corrected chi connectivity index (χ3v) is 4.13. The van der Waals surface area contributed by atoms with Crippen molar-refractivity contribution < 1.29 is 9.21 Å². The van der Waals surface area contributed by atoms with Crippen LogP contribution in [0.1, 0.15) is 5.76 Å². The van der Waals surface area contributed by atoms with Gasteiger partial charge >= 0.3 is 0 Å². The Kier molecular flexibility index (Phi) is 5.13. The Labute approximate surface area is 155 Å². The van der Waals surface area contributed by atoms with Crippen LogP contribution in [0.25, 0.3) is 0 Å². The molecule has 0 aromatic carbocycles. The normalized spacial score (nSPS) is 17.1. The standard InChI is InChI=1S/C17H19ClN6O2/c1-23(2)17-13(15(19)25)24(12-7-3-4-8-20-12)14(18)16(22-17)21-10-11-6-5-9-26-11/h3-9,13,21H,10H2,1-2H3,(H2,19,25). The van der Waals surface area contributed by atoms with Crippen LogP contribution in [0.5, 0.6) is 0 Å². The van der Waals surface area contributed by atoms with Gasteiger partial charge in [0.15, 0.2) is 17.0 Å². The predicted octanol–water partition coefficient (Wildman–Crippen LogP) is 1.46. The largest absolute Gasteiger partial charge is 0.467 e. The maximum Gasteiger partial charge on any atom is 0.248 e. The fourth-order valence-corrected chi connectivity index (χ4v) is 2.88. The molecule has 3 N–H and O–H groups in total. The van der Waals surface area contributed by atoms with Crippen LogP contribution in [0.3, 0.4) is 0 Å². The number of carbonyl (C=O) groups excluding carboxylic acids is 1. The summed E-state index contributed by atoms with van der Waals surface area (Å²) < 4.78 is 5.32. The van der Waals surface area contributed by atoms with Gasteiger partial charge in [0.05, 0.1) is 12.8 Å². The molecule has 26 heavy (non-hydrogen) atoms. The van der Waals surface area contributed by atoms with Crippen LogP contribution in [0, 0.1) is 0 Å². The molecule has 2 aromatic heterocycles. The summed E-state index contributed by atoms with van der Waals surface area (Å²) in [5, 5.41) is 3.36. The molecule has 1 amide bonds. The summed E-state index contributed by atoms with van der Waals surface area (Å²) in [6.45, 7) is 0.389. The maximum atomic E-state index is 12.2. The van der Waals surface area contributed by atoms with Crippen molar-refractivity contribution in [2.45, 2.75) is 12.6 Å². The molecular weight excluding hydrogens is 356 g/mol. The SMILES string of the molecule is CN(C)C1=NC(NCc2ccco2)=C(Cl)N(c2ccccn2)C1C(N)=O. The number of primary amides is 1. The lowest BCUT2D eigenvalue weighted by molar-refractivity contribution is -0.118. The quantitative estimate of drug-likeness (QED) is 0.768. The number of halogens is 1. The highest BCUT2D eigenvalue weighted by Gasteiger charge is 2.38. The van der Waals surface area contributed by atoms with Gasteiger partial charge < -0.3 is 20.4 Å². The zero-order valence-electron chi connectivity index (χ0n) is 14.4. The Bertz CT molecular complexity index is 832. The van der Waals surface area contributed by atoms with Crippen molar-refractivity contribution in [1.29, 1.82) is 0 Å². The number of anilines is 1. The molecule has 1 aliphatic heterocycles. The zero-order chi connectivity index (χ0) is 18.7. The summed E-state index contributed by atoms with van der Waals surface area (Å²) >= 11 is 6.57. The van der Waals surface area contributed by atoms with E-state index < -0.39 is 11.9 Å². The molecule has 0 fully saturated rings. The lowest BCUT2D eigenvalue weighted by Gasteiger charge is -2.36. The molecule has 0 aliphatic carbocycles. The second-order valence-corrected chi connectivity index (χ2v) is 6.16. The minimum Gasteiger partial charge on any atom is -0.467 e. The molecule has 0 saturated heterocycles. The van der Waals surface area contributed by atoms with Crippen molar-refractivity contribution in [2.75, 3.05) is 19.0 Å². The third-order valence-electron chi connectivity index (χ3n) is 3.77. The molecule has 3 rings (SSSR count). The Balaban J connectivity index is 2.03. The molecule has 2 aromatic rings. The van der Waals surface area contributed by atoms with Crippen molar-refractivity contribution in [2.24, 2.45) is 10.7 Å². The summed E-state index contributed by atoms with van der Waals surface area (Å²) in [5.74, 6) is 1.49. The van der Waals surface area contributed by atoms with Gasteiger partial charge in [-0.15, -0.1) is 0 Å². The lowest BCUT2D eigenvalue weighted by Crippen LogP contribution is -2.55. The minimum absolute atomic E-state index is 0.227. The predicted molar refractivity (Wildman–Crippen MR) is 99.2 cm³/mol. The first-order chi connectivity index (χ1) is 12.5. The Hall–Kier alpha value is -3.00. The van der Waals surface area contributed by atoms with Gasteiger partial charge in [-0.2, -0.15) is 0 Å². The van der Waals surface area contributed by atoms with Crippen molar-refractivity contribution >= 4 is 29.2 Å². The lowest BCUT2D eigenvalue weighted by atomic mass is 10.1. The van der Waals surface area contributed by atoms with Crippen LogP contribution in [-0.4, -0.2) is 41.8 Å². The highest BCUT2D eigenvalue weighted by atomic mass is 35.5. The van der Waals surface area contributed by atoms with E-state index in [9.17, 15) is 4.79 Å². The topological polar surface area (TPSA) is 100.0 Å². The Morgan fingerprint density at radius 3 is 2.77 bits per heavy atom. The van der Waals surface area contributed by atoms with E-state index in [0.29, 0.717) is 24.0 Å². The van der Waals surface area contributed by atoms with Gasteiger partial charge in [-0.25, -0.2) is 9.98 Å². The molecule has 1 atom stereocenters. The van der Waals surface area contributed by atoms with Crippen LogP contribution in [0.15, 0.2) is 63.2 Å². The summed E-state index contributed by atoms with van der Waals surface area (Å²) in [7, 11) is 3.57. The van der Waals surface area contributed by atoms with Crippen LogP contribution in [0.4, 0.5) is 5.82 Å². The fourth-order valence-electron chi connectivity index (χ4n) is 2.59. The number of aromatic nitrogens is 1. The molecule has 3 heterocycles. The number of pyridine rings is 1. The highest BCUT2D eigenvalue weighted by Crippen LogP contribution is 2.29. The van der Waals surface area contributed by atoms with Gasteiger partial charge in [-0.3, -0.25) is 9.69 Å². The minimum atomic E-state index is -0.874. The smallest absolute Gasteiger partial charge is 0.248 e. The van der Waals surface area contributed by atoms with E-state index in [2.05, 4.69) is 15.3 Å². The van der Waals surface area contributed by atoms with E-state index in [1.165, 1.54) is 0 Å². The maximum absolute atomic E-state index is 12.2. The number of nitrogens with two attached hydrogens (primary N) is 1. The number of aliphatic imine (C=N–C) groups is 1. The van der Waals surface area contributed by atoms with E-state index in [4.69, 9.17) is 21.8 Å². The van der Waals surface area contributed by atoms with Gasteiger partial charge in [0.25, 0.3) is 0 Å². The number of nitrogens with one attached hydrogen (secondary N) is 1. The van der Waals surface area contributed by atoms with E-state index in [0.717, 1.165) is 5.76 Å². The molecule has 0 radical (unpaired) electrons. The number of amides is 1. The summed E-state index contributed by atoms with van der Waals surface area (Å²) in [6.07, 6.45) is 3.21. The number of hydrogen-bond donors (Lipinski definition) is 2. The average Bonchev–Trinajstić information content (AvgIpc) is 3.14. The Morgan fingerprint density at radius 1 is 1.38 bits per heavy atom. The average molecular weight is 375 g/mol. The molecule has 0 bridgehead atoms. The van der Waals surface area contributed by atoms with Crippen LogP contribution >= 0.6 is 11.6 Å². The highest BCUT2D eigenvalue weighted by molar-refractivity contribution is 6.33. The summed E-state index contributed by atoms with van der Waals surface area (Å²) in [5.41, 5.74) is 5.65. The molecular formula is C17H19ClN6O2. The first kappa shape index (κ1) is 17.8. The van der Waals surface area contributed by atoms with Crippen LogP contribution < -0.4 is 16.0 Å². The van der Waals surface area contributed by atoms with E-state index in [-0.39, 0.29) is 5.16 Å². The third kappa shape index (κ3) is 3.50. The molecule has 136 valence electrons. The second-order valence-electron chi connectivity index (χ2n) is 5.80. The first-order valence-electron chi connectivity index (χ1n) is 7.90. The van der Waals surface area contributed by atoms with Gasteiger partial charge in [-0.1, -0.05) is 17.7 Å². The van der Waals surface area contributed by atoms with Crippen molar-refractivity contribution in [3.63, 3.8) is 0 Å². The number of likely N-dealkylation sites (N-methyl/N-ethyl adjacent to an activating group) is 1. The Morgan fingerprint density at radius 2 is 2.19 bits per heavy atom. The van der Waals surface area contributed by atoms with Gasteiger partial charge in [0.2, 0.25) is 5.91 Å². The number of nitrogens with zero attached hydrogens (tertiary/aromatic N) is 4. The number of furan rings is 1. The molecule has 1 unspecified atom stereocenters. The first-order valence-corrected chi connectivity index (χ1v) is 8.28.